The SMILES string of the molecule is COc1ccc([C@H](OC(=O)Nc2ccc(C)cc2)[C@H](CC/C=C/C(=O)Nc2ccccc2N)Oc2ccccc2)cc1O. The van der Waals surface area contributed by atoms with Crippen molar-refractivity contribution < 1.29 is 28.9 Å². The number of nitrogens with two attached hydrogens (primary N) is 1. The summed E-state index contributed by atoms with van der Waals surface area (Å²) in [6.07, 6.45) is 1.58. The minimum Gasteiger partial charge on any atom is -0.504 e. The van der Waals surface area contributed by atoms with E-state index in [9.17, 15) is 14.7 Å². The molecule has 0 aliphatic heterocycles. The fraction of sp³-hybridized carbons (Fsp3) is 0.176. The molecule has 0 fully saturated rings. The zero-order valence-corrected chi connectivity index (χ0v) is 24.0. The van der Waals surface area contributed by atoms with Crippen LogP contribution in [0.25, 0.3) is 0 Å². The van der Waals surface area contributed by atoms with Crippen LogP contribution in [-0.4, -0.2) is 30.3 Å². The average molecular weight is 582 g/mol. The highest BCUT2D eigenvalue weighted by Gasteiger charge is 2.30. The number of carbonyl (C=O) groups excluding carboxylic acids is 2. The van der Waals surface area contributed by atoms with Crippen LogP contribution in [0.1, 0.15) is 30.1 Å². The van der Waals surface area contributed by atoms with Gasteiger partial charge in [0, 0.05) is 11.3 Å². The van der Waals surface area contributed by atoms with E-state index < -0.39 is 18.3 Å². The van der Waals surface area contributed by atoms with Gasteiger partial charge >= 0.3 is 6.09 Å². The lowest BCUT2D eigenvalue weighted by Gasteiger charge is -2.28. The Balaban J connectivity index is 1.56. The van der Waals surface area contributed by atoms with E-state index in [2.05, 4.69) is 10.6 Å². The van der Waals surface area contributed by atoms with Gasteiger partial charge in [0.25, 0.3) is 0 Å². The van der Waals surface area contributed by atoms with Crippen LogP contribution in [0.15, 0.2) is 109 Å². The van der Waals surface area contributed by atoms with Gasteiger partial charge in [-0.15, -0.1) is 0 Å². The summed E-state index contributed by atoms with van der Waals surface area (Å²) in [6, 6.07) is 28.2. The number of benzene rings is 4. The predicted octanol–water partition coefficient (Wildman–Crippen LogP) is 7.00. The molecule has 0 spiro atoms. The van der Waals surface area contributed by atoms with Gasteiger partial charge in [0.15, 0.2) is 17.6 Å². The first-order valence-corrected chi connectivity index (χ1v) is 13.8. The number of aryl methyl sites for hydroxylation is 1. The number of nitrogens with one attached hydrogen (secondary N) is 2. The summed E-state index contributed by atoms with van der Waals surface area (Å²) in [5, 5.41) is 16.0. The van der Waals surface area contributed by atoms with Gasteiger partial charge in [-0.3, -0.25) is 10.1 Å². The van der Waals surface area contributed by atoms with Gasteiger partial charge in [-0.2, -0.15) is 0 Å². The van der Waals surface area contributed by atoms with Crippen molar-refractivity contribution in [3.8, 4) is 17.2 Å². The largest absolute Gasteiger partial charge is 0.504 e. The van der Waals surface area contributed by atoms with Gasteiger partial charge in [-0.05, 0) is 74.4 Å². The maximum absolute atomic E-state index is 13.1. The topological polar surface area (TPSA) is 132 Å². The molecule has 0 radical (unpaired) electrons. The number of amides is 2. The van der Waals surface area contributed by atoms with Gasteiger partial charge in [0.2, 0.25) is 5.91 Å². The molecule has 4 aromatic carbocycles. The van der Waals surface area contributed by atoms with Crippen LogP contribution in [0.3, 0.4) is 0 Å². The number of allylic oxidation sites excluding steroid dienone is 1. The van der Waals surface area contributed by atoms with Crippen molar-refractivity contribution in [3.05, 3.63) is 120 Å². The van der Waals surface area contributed by atoms with E-state index in [1.807, 2.05) is 37.3 Å². The van der Waals surface area contributed by atoms with Gasteiger partial charge in [-0.25, -0.2) is 4.79 Å². The lowest BCUT2D eigenvalue weighted by Crippen LogP contribution is -2.31. The molecule has 0 bridgehead atoms. The van der Waals surface area contributed by atoms with Gasteiger partial charge in [0.1, 0.15) is 11.9 Å². The van der Waals surface area contributed by atoms with Gasteiger partial charge < -0.3 is 30.4 Å². The van der Waals surface area contributed by atoms with E-state index >= 15 is 0 Å². The molecular weight excluding hydrogens is 546 g/mol. The fourth-order valence-corrected chi connectivity index (χ4v) is 4.32. The van der Waals surface area contributed by atoms with Crippen LogP contribution >= 0.6 is 0 Å². The Bertz CT molecular complexity index is 1540. The van der Waals surface area contributed by atoms with Crippen LogP contribution in [0.4, 0.5) is 21.9 Å². The first kappa shape index (κ1) is 30.5. The maximum Gasteiger partial charge on any atom is 0.412 e. The molecule has 9 heteroatoms. The summed E-state index contributed by atoms with van der Waals surface area (Å²) < 4.78 is 17.5. The van der Waals surface area contributed by atoms with E-state index in [0.29, 0.717) is 41.2 Å². The van der Waals surface area contributed by atoms with Crippen LogP contribution < -0.4 is 25.8 Å². The number of aromatic hydroxyl groups is 1. The van der Waals surface area contributed by atoms with E-state index in [0.717, 1.165) is 5.56 Å². The van der Waals surface area contributed by atoms with E-state index in [-0.39, 0.29) is 17.4 Å². The zero-order valence-electron chi connectivity index (χ0n) is 24.0. The second-order valence-electron chi connectivity index (χ2n) is 9.77. The third-order valence-corrected chi connectivity index (χ3v) is 6.54. The minimum absolute atomic E-state index is 0.109. The molecule has 2 atom stereocenters. The number of para-hydroxylation sites is 3. The van der Waals surface area contributed by atoms with Crippen molar-refractivity contribution in [2.24, 2.45) is 0 Å². The van der Waals surface area contributed by atoms with Crippen molar-refractivity contribution >= 4 is 29.1 Å². The summed E-state index contributed by atoms with van der Waals surface area (Å²) in [5.41, 5.74) is 9.03. The first-order chi connectivity index (χ1) is 20.8. The molecule has 0 aliphatic rings. The second kappa shape index (κ2) is 15.0. The maximum atomic E-state index is 13.1. The van der Waals surface area contributed by atoms with Crippen LogP contribution in [0.2, 0.25) is 0 Å². The quantitative estimate of drug-likeness (QED) is 0.105. The van der Waals surface area contributed by atoms with Gasteiger partial charge in [0.05, 0.1) is 18.5 Å². The molecule has 4 rings (SSSR count). The molecule has 0 unspecified atom stereocenters. The highest BCUT2D eigenvalue weighted by Crippen LogP contribution is 2.34. The Hall–Kier alpha value is -5.44. The predicted molar refractivity (Wildman–Crippen MR) is 167 cm³/mol. The third-order valence-electron chi connectivity index (χ3n) is 6.54. The summed E-state index contributed by atoms with van der Waals surface area (Å²) in [4.78, 5) is 25.6. The Morgan fingerprint density at radius 3 is 2.35 bits per heavy atom. The number of hydrogen-bond donors (Lipinski definition) is 4. The van der Waals surface area contributed by atoms with Crippen molar-refractivity contribution in [2.75, 3.05) is 23.5 Å². The highest BCUT2D eigenvalue weighted by molar-refractivity contribution is 6.01. The Morgan fingerprint density at radius 2 is 1.65 bits per heavy atom. The Kier molecular flexibility index (Phi) is 10.6. The number of rotatable bonds is 12. The smallest absolute Gasteiger partial charge is 0.412 e. The third kappa shape index (κ3) is 9.02. The Labute approximate surface area is 250 Å². The first-order valence-electron chi connectivity index (χ1n) is 13.8. The molecule has 0 aromatic heterocycles. The van der Waals surface area contributed by atoms with Crippen molar-refractivity contribution in [1.29, 1.82) is 0 Å². The second-order valence-corrected chi connectivity index (χ2v) is 9.77. The molecule has 9 nitrogen and oxygen atoms in total. The van der Waals surface area contributed by atoms with Crippen LogP contribution in [-0.2, 0) is 9.53 Å². The van der Waals surface area contributed by atoms with Crippen molar-refractivity contribution in [3.63, 3.8) is 0 Å². The van der Waals surface area contributed by atoms with Crippen molar-refractivity contribution in [1.82, 2.24) is 0 Å². The molecule has 5 N–H and O–H groups in total. The molecule has 4 aromatic rings. The molecule has 0 heterocycles. The standard InChI is InChI=1S/C34H35N3O6/c1-23-16-19-25(20-17-23)36-34(40)43-33(24-18-21-30(41-2)29(38)22-24)31(42-26-10-4-3-5-11-26)14-8-9-15-32(39)37-28-13-7-6-12-27(28)35/h3-7,9-13,15-22,31,33,38H,8,14,35H2,1-2H3,(H,36,40)(H,37,39)/b15-9+/t31-,33-/m0/s1. The lowest BCUT2D eigenvalue weighted by molar-refractivity contribution is -0.111. The summed E-state index contributed by atoms with van der Waals surface area (Å²) in [6.45, 7) is 1.95. The Morgan fingerprint density at radius 1 is 0.930 bits per heavy atom. The molecule has 0 aliphatic carbocycles. The zero-order chi connectivity index (χ0) is 30.6. The van der Waals surface area contributed by atoms with Crippen LogP contribution in [0.5, 0.6) is 17.2 Å². The number of ether oxygens (including phenoxy) is 3. The van der Waals surface area contributed by atoms with E-state index in [1.165, 1.54) is 19.3 Å². The molecule has 2 amide bonds. The molecular formula is C34H35N3O6. The number of carbonyl (C=O) groups is 2. The molecule has 43 heavy (non-hydrogen) atoms. The molecule has 222 valence electrons. The van der Waals surface area contributed by atoms with Gasteiger partial charge in [-0.1, -0.05) is 60.2 Å². The van der Waals surface area contributed by atoms with Crippen molar-refractivity contribution in [2.45, 2.75) is 32.0 Å². The number of methoxy groups -OCH3 is 1. The summed E-state index contributed by atoms with van der Waals surface area (Å²) in [7, 11) is 1.45. The van der Waals surface area contributed by atoms with Crippen LogP contribution in [0, 0.1) is 6.92 Å². The number of hydrogen-bond acceptors (Lipinski definition) is 7. The summed E-state index contributed by atoms with van der Waals surface area (Å²) in [5.74, 6) is 0.408. The lowest BCUT2D eigenvalue weighted by atomic mass is 9.99. The monoisotopic (exact) mass is 581 g/mol. The highest BCUT2D eigenvalue weighted by atomic mass is 16.6. The molecule has 0 saturated carbocycles. The number of nitrogen functional groups attached to an aromatic ring is 1. The number of phenolic OH excluding ortho intramolecular Hbond substituents is 1. The van der Waals surface area contributed by atoms with E-state index in [4.69, 9.17) is 19.9 Å². The molecule has 0 saturated heterocycles. The average Bonchev–Trinajstić information content (AvgIpc) is 3.00. The number of anilines is 3. The normalized spacial score (nSPS) is 12.2. The number of phenols is 1. The minimum atomic E-state index is -0.936. The van der Waals surface area contributed by atoms with E-state index in [1.54, 1.807) is 66.7 Å². The summed E-state index contributed by atoms with van der Waals surface area (Å²) >= 11 is 0. The fourth-order valence-electron chi connectivity index (χ4n) is 4.32.